The average Bonchev–Trinajstić information content (AvgIpc) is 2.79. The van der Waals surface area contributed by atoms with Crippen LogP contribution in [0.25, 0.3) is 0 Å². The minimum absolute atomic E-state index is 0.327. The Bertz CT molecular complexity index is 1100. The molecule has 0 saturated carbocycles. The Kier molecular flexibility index (Phi) is 6.95. The first-order chi connectivity index (χ1) is 15.0. The van der Waals surface area contributed by atoms with Crippen LogP contribution in [0.5, 0.6) is 11.5 Å². The Hall–Kier alpha value is -4.20. The van der Waals surface area contributed by atoms with Crippen molar-refractivity contribution in [3.63, 3.8) is 0 Å². The minimum atomic E-state index is -0.416. The molecule has 0 saturated heterocycles. The van der Waals surface area contributed by atoms with Crippen molar-refractivity contribution in [3.05, 3.63) is 89.2 Å². The van der Waals surface area contributed by atoms with Crippen LogP contribution in [-0.2, 0) is 0 Å². The fraction of sp³-hybridized carbons (Fsp3) is 0.0870. The molecule has 0 fully saturated rings. The molecule has 0 atom stereocenters. The van der Waals surface area contributed by atoms with Gasteiger partial charge in [0.2, 0.25) is 0 Å². The van der Waals surface area contributed by atoms with E-state index in [9.17, 15) is 14.0 Å². The SMILES string of the molecule is COc1ccc(/C=N\NC(=O)c2ccc(NC(=O)c3ccc(F)cc3)cc2)cc1OC. The van der Waals surface area contributed by atoms with Gasteiger partial charge in [0, 0.05) is 16.8 Å². The maximum absolute atomic E-state index is 13.0. The van der Waals surface area contributed by atoms with Gasteiger partial charge in [-0.2, -0.15) is 5.10 Å². The molecule has 0 spiro atoms. The summed E-state index contributed by atoms with van der Waals surface area (Å²) in [5, 5.41) is 6.63. The van der Waals surface area contributed by atoms with Gasteiger partial charge in [-0.05, 0) is 72.3 Å². The van der Waals surface area contributed by atoms with Gasteiger partial charge in [-0.3, -0.25) is 9.59 Å². The van der Waals surface area contributed by atoms with E-state index in [4.69, 9.17) is 9.47 Å². The summed E-state index contributed by atoms with van der Waals surface area (Å²) in [4.78, 5) is 24.4. The van der Waals surface area contributed by atoms with Crippen LogP contribution < -0.4 is 20.2 Å². The fourth-order valence-electron chi connectivity index (χ4n) is 2.67. The third-order valence-electron chi connectivity index (χ3n) is 4.30. The number of ether oxygens (including phenoxy) is 2. The highest BCUT2D eigenvalue weighted by Crippen LogP contribution is 2.26. The molecule has 0 radical (unpaired) electrons. The maximum Gasteiger partial charge on any atom is 0.271 e. The number of carbonyl (C=O) groups is 2. The smallest absolute Gasteiger partial charge is 0.271 e. The molecule has 2 N–H and O–H groups in total. The summed E-state index contributed by atoms with van der Waals surface area (Å²) >= 11 is 0. The first-order valence-corrected chi connectivity index (χ1v) is 9.22. The normalized spacial score (nSPS) is 10.5. The quantitative estimate of drug-likeness (QED) is 0.448. The molecule has 0 aromatic heterocycles. The minimum Gasteiger partial charge on any atom is -0.493 e. The highest BCUT2D eigenvalue weighted by molar-refractivity contribution is 6.04. The van der Waals surface area contributed by atoms with Gasteiger partial charge in [-0.25, -0.2) is 9.82 Å². The summed E-state index contributed by atoms with van der Waals surface area (Å²) in [5.41, 5.74) is 4.35. The van der Waals surface area contributed by atoms with Crippen molar-refractivity contribution in [2.75, 3.05) is 19.5 Å². The van der Waals surface area contributed by atoms with Gasteiger partial charge >= 0.3 is 0 Å². The molecular formula is C23H20FN3O4. The first kappa shape index (κ1) is 21.5. The second kappa shape index (κ2) is 10.0. The van der Waals surface area contributed by atoms with Gasteiger partial charge in [0.05, 0.1) is 20.4 Å². The largest absolute Gasteiger partial charge is 0.493 e. The zero-order valence-corrected chi connectivity index (χ0v) is 16.9. The Morgan fingerprint density at radius 3 is 2.10 bits per heavy atom. The van der Waals surface area contributed by atoms with Gasteiger partial charge in [0.15, 0.2) is 11.5 Å². The third kappa shape index (κ3) is 5.66. The summed E-state index contributed by atoms with van der Waals surface area (Å²) in [6.07, 6.45) is 1.48. The number of hydrogen-bond donors (Lipinski definition) is 2. The van der Waals surface area contributed by atoms with Gasteiger partial charge in [0.25, 0.3) is 11.8 Å². The number of nitrogens with zero attached hydrogens (tertiary/aromatic N) is 1. The number of anilines is 1. The van der Waals surface area contributed by atoms with Crippen molar-refractivity contribution < 1.29 is 23.5 Å². The van der Waals surface area contributed by atoms with E-state index >= 15 is 0 Å². The molecular weight excluding hydrogens is 401 g/mol. The van der Waals surface area contributed by atoms with Crippen LogP contribution in [0.3, 0.4) is 0 Å². The standard InChI is InChI=1S/C23H20FN3O4/c1-30-20-12-3-15(13-21(20)31-2)14-25-27-23(29)17-6-10-19(11-7-17)26-22(28)16-4-8-18(24)9-5-16/h3-14H,1-2H3,(H,26,28)(H,27,29)/b25-14-. The molecule has 31 heavy (non-hydrogen) atoms. The Balaban J connectivity index is 1.58. The lowest BCUT2D eigenvalue weighted by atomic mass is 10.1. The van der Waals surface area contributed by atoms with Crippen LogP contribution in [0.15, 0.2) is 71.8 Å². The Morgan fingerprint density at radius 1 is 0.839 bits per heavy atom. The van der Waals surface area contributed by atoms with E-state index in [0.717, 1.165) is 5.56 Å². The topological polar surface area (TPSA) is 89.0 Å². The number of hydrogen-bond acceptors (Lipinski definition) is 5. The summed E-state index contributed by atoms with van der Waals surface area (Å²) in [7, 11) is 3.08. The van der Waals surface area contributed by atoms with Crippen molar-refractivity contribution in [1.82, 2.24) is 5.43 Å². The van der Waals surface area contributed by atoms with Crippen LogP contribution in [0, 0.1) is 5.82 Å². The van der Waals surface area contributed by atoms with Crippen LogP contribution in [0.2, 0.25) is 0 Å². The number of nitrogens with one attached hydrogen (secondary N) is 2. The molecule has 0 aliphatic heterocycles. The van der Waals surface area contributed by atoms with Crippen molar-refractivity contribution in [3.8, 4) is 11.5 Å². The molecule has 0 bridgehead atoms. The van der Waals surface area contributed by atoms with Crippen LogP contribution in [-0.4, -0.2) is 32.2 Å². The number of halogens is 1. The zero-order chi connectivity index (χ0) is 22.2. The van der Waals surface area contributed by atoms with Gasteiger partial charge < -0.3 is 14.8 Å². The summed E-state index contributed by atoms with van der Waals surface area (Å²) in [6.45, 7) is 0. The molecule has 2 amide bonds. The highest BCUT2D eigenvalue weighted by atomic mass is 19.1. The number of hydrazone groups is 1. The molecule has 3 aromatic carbocycles. The monoisotopic (exact) mass is 421 g/mol. The predicted molar refractivity (Wildman–Crippen MR) is 115 cm³/mol. The van der Waals surface area contributed by atoms with Crippen molar-refractivity contribution in [1.29, 1.82) is 0 Å². The molecule has 0 unspecified atom stereocenters. The molecule has 0 heterocycles. The fourth-order valence-corrected chi connectivity index (χ4v) is 2.67. The van der Waals surface area contributed by atoms with Crippen molar-refractivity contribution >= 4 is 23.7 Å². The molecule has 0 aliphatic carbocycles. The molecule has 7 nitrogen and oxygen atoms in total. The van der Waals surface area contributed by atoms with Crippen LogP contribution >= 0.6 is 0 Å². The van der Waals surface area contributed by atoms with Gasteiger partial charge in [-0.1, -0.05) is 0 Å². The van der Waals surface area contributed by atoms with E-state index in [0.29, 0.717) is 28.3 Å². The molecule has 3 rings (SSSR count). The summed E-state index contributed by atoms with van der Waals surface area (Å²) in [5.74, 6) is -0.0584. The van der Waals surface area contributed by atoms with E-state index in [1.807, 2.05) is 0 Å². The first-order valence-electron chi connectivity index (χ1n) is 9.22. The Morgan fingerprint density at radius 2 is 1.45 bits per heavy atom. The number of amides is 2. The summed E-state index contributed by atoms with van der Waals surface area (Å²) < 4.78 is 23.4. The molecule has 3 aromatic rings. The lowest BCUT2D eigenvalue weighted by Gasteiger charge is -2.07. The van der Waals surface area contributed by atoms with Crippen molar-refractivity contribution in [2.24, 2.45) is 5.10 Å². The van der Waals surface area contributed by atoms with E-state index in [2.05, 4.69) is 15.8 Å². The molecule has 0 aliphatic rings. The number of rotatable bonds is 7. The van der Waals surface area contributed by atoms with Crippen molar-refractivity contribution in [2.45, 2.75) is 0 Å². The average molecular weight is 421 g/mol. The molecule has 8 heteroatoms. The highest BCUT2D eigenvalue weighted by Gasteiger charge is 2.08. The van der Waals surface area contributed by atoms with E-state index in [1.54, 1.807) is 49.6 Å². The molecule has 158 valence electrons. The maximum atomic E-state index is 13.0. The number of methoxy groups -OCH3 is 2. The second-order valence-corrected chi connectivity index (χ2v) is 6.35. The lowest BCUT2D eigenvalue weighted by molar-refractivity contribution is 0.0954. The summed E-state index contributed by atoms with van der Waals surface area (Å²) in [6, 6.07) is 16.7. The second-order valence-electron chi connectivity index (χ2n) is 6.35. The number of benzene rings is 3. The van der Waals surface area contributed by atoms with E-state index in [1.165, 1.54) is 37.6 Å². The lowest BCUT2D eigenvalue weighted by Crippen LogP contribution is -2.18. The van der Waals surface area contributed by atoms with E-state index < -0.39 is 11.7 Å². The van der Waals surface area contributed by atoms with Crippen LogP contribution in [0.4, 0.5) is 10.1 Å². The van der Waals surface area contributed by atoms with E-state index in [-0.39, 0.29) is 5.91 Å². The van der Waals surface area contributed by atoms with Crippen LogP contribution in [0.1, 0.15) is 26.3 Å². The number of carbonyl (C=O) groups excluding carboxylic acids is 2. The van der Waals surface area contributed by atoms with Gasteiger partial charge in [0.1, 0.15) is 5.82 Å². The van der Waals surface area contributed by atoms with Gasteiger partial charge in [-0.15, -0.1) is 0 Å². The Labute approximate surface area is 178 Å². The third-order valence-corrected chi connectivity index (χ3v) is 4.30. The zero-order valence-electron chi connectivity index (χ0n) is 16.9. The predicted octanol–water partition coefficient (Wildman–Crippen LogP) is 3.86.